The normalized spacial score (nSPS) is 11.7. The second-order valence-corrected chi connectivity index (χ2v) is 10.5. The average Bonchev–Trinajstić information content (AvgIpc) is 3.10. The quantitative estimate of drug-likeness (QED) is 0.107. The molecule has 1 aromatic heterocycles. The summed E-state index contributed by atoms with van der Waals surface area (Å²) in [6.07, 6.45) is -6.69. The van der Waals surface area contributed by atoms with Crippen LogP contribution >= 0.6 is 0 Å². The van der Waals surface area contributed by atoms with Crippen molar-refractivity contribution in [1.29, 1.82) is 0 Å². The first-order valence-electron chi connectivity index (χ1n) is 14.9. The van der Waals surface area contributed by atoms with Gasteiger partial charge in [-0.15, -0.1) is 0 Å². The van der Waals surface area contributed by atoms with Crippen LogP contribution < -0.4 is 20.2 Å². The van der Waals surface area contributed by atoms with Crippen LogP contribution in [0.15, 0.2) is 118 Å². The van der Waals surface area contributed by atoms with Gasteiger partial charge in [0, 0.05) is 12.5 Å². The standard InChI is InChI=1S/C36H28F3NO9/c37-36(38,39)33-32(47-25-14-8-3-9-15-25)31(42)27-17-16-26(20-29(27)49-33)48-34(43)28(40-35(44)46-22-24-12-6-2-7-13-24)18-19-30(41)45-21-23-10-4-1-5-11-23/h1-17,20,28H,18-19,21-22H2,(H,40,44)/t28-/m1/s1. The largest absolute Gasteiger partial charge is 0.461 e. The van der Waals surface area contributed by atoms with Gasteiger partial charge in [0.15, 0.2) is 0 Å². The van der Waals surface area contributed by atoms with E-state index in [1.54, 1.807) is 66.7 Å². The number of ether oxygens (including phenoxy) is 4. The molecule has 0 radical (unpaired) electrons. The number of benzene rings is 4. The lowest BCUT2D eigenvalue weighted by atomic mass is 10.1. The fraction of sp³-hybridized carbons (Fsp3) is 0.167. The third kappa shape index (κ3) is 9.47. The van der Waals surface area contributed by atoms with Crippen LogP contribution in [-0.2, 0) is 38.5 Å². The van der Waals surface area contributed by atoms with Crippen LogP contribution in [0.4, 0.5) is 18.0 Å². The predicted molar refractivity (Wildman–Crippen MR) is 169 cm³/mol. The highest BCUT2D eigenvalue weighted by Crippen LogP contribution is 2.38. The number of carbonyl (C=O) groups is 3. The maximum Gasteiger partial charge on any atom is 0.453 e. The molecule has 5 rings (SSSR count). The number of carbonyl (C=O) groups excluding carboxylic acids is 3. The Hall–Kier alpha value is -6.11. The van der Waals surface area contributed by atoms with Crippen molar-refractivity contribution < 1.29 is 50.9 Å². The van der Waals surface area contributed by atoms with E-state index in [0.29, 0.717) is 5.56 Å². The molecule has 0 saturated carbocycles. The summed E-state index contributed by atoms with van der Waals surface area (Å²) in [5, 5.41) is 2.08. The summed E-state index contributed by atoms with van der Waals surface area (Å²) in [5.74, 6) is -4.81. The van der Waals surface area contributed by atoms with Crippen molar-refractivity contribution >= 4 is 29.0 Å². The fourth-order valence-electron chi connectivity index (χ4n) is 4.52. The van der Waals surface area contributed by atoms with Gasteiger partial charge in [-0.3, -0.25) is 9.59 Å². The number of amides is 1. The van der Waals surface area contributed by atoms with Gasteiger partial charge in [0.1, 0.15) is 36.3 Å². The molecule has 5 aromatic rings. The van der Waals surface area contributed by atoms with Crippen molar-refractivity contribution in [2.45, 2.75) is 38.3 Å². The van der Waals surface area contributed by atoms with Crippen LogP contribution in [0.3, 0.4) is 0 Å². The molecule has 1 amide bonds. The monoisotopic (exact) mass is 675 g/mol. The second-order valence-electron chi connectivity index (χ2n) is 10.5. The lowest BCUT2D eigenvalue weighted by molar-refractivity contribution is -0.154. The lowest BCUT2D eigenvalue weighted by Gasteiger charge is -2.18. The Labute approximate surface area is 277 Å². The Morgan fingerprint density at radius 2 is 1.35 bits per heavy atom. The van der Waals surface area contributed by atoms with Crippen LogP contribution in [0, 0.1) is 0 Å². The molecule has 49 heavy (non-hydrogen) atoms. The molecule has 0 aliphatic rings. The third-order valence-electron chi connectivity index (χ3n) is 6.93. The second kappa shape index (κ2) is 15.7. The van der Waals surface area contributed by atoms with E-state index in [-0.39, 0.29) is 42.9 Å². The average molecular weight is 676 g/mol. The topological polar surface area (TPSA) is 130 Å². The molecule has 13 heteroatoms. The first-order valence-corrected chi connectivity index (χ1v) is 14.9. The number of hydrogen-bond acceptors (Lipinski definition) is 9. The number of alkyl halides is 3. The Morgan fingerprint density at radius 1 is 0.755 bits per heavy atom. The molecule has 252 valence electrons. The number of nitrogens with one attached hydrogen (secondary N) is 1. The highest BCUT2D eigenvalue weighted by Gasteiger charge is 2.40. The van der Waals surface area contributed by atoms with Crippen LogP contribution in [0.5, 0.6) is 17.2 Å². The minimum Gasteiger partial charge on any atom is -0.461 e. The third-order valence-corrected chi connectivity index (χ3v) is 6.93. The van der Waals surface area contributed by atoms with Crippen LogP contribution in [0.2, 0.25) is 0 Å². The van der Waals surface area contributed by atoms with Crippen molar-refractivity contribution in [1.82, 2.24) is 5.32 Å². The van der Waals surface area contributed by atoms with Crippen molar-refractivity contribution in [2.24, 2.45) is 0 Å². The van der Waals surface area contributed by atoms with Crippen molar-refractivity contribution in [3.05, 3.63) is 136 Å². The van der Waals surface area contributed by atoms with E-state index in [2.05, 4.69) is 5.32 Å². The van der Waals surface area contributed by atoms with Gasteiger partial charge in [-0.1, -0.05) is 78.9 Å². The number of para-hydroxylation sites is 1. The Bertz CT molecular complexity index is 1970. The SMILES string of the molecule is O=C(CC[C@@H](NC(=O)OCc1ccccc1)C(=O)Oc1ccc2c(=O)c(Oc3ccccc3)c(C(F)(F)F)oc2c1)OCc1ccccc1. The Morgan fingerprint density at radius 3 is 1.96 bits per heavy atom. The minimum absolute atomic E-state index is 0.0123. The first kappa shape index (κ1) is 34.2. The number of halogens is 3. The zero-order chi connectivity index (χ0) is 34.8. The molecule has 1 atom stereocenters. The lowest BCUT2D eigenvalue weighted by Crippen LogP contribution is -2.43. The molecule has 1 N–H and O–H groups in total. The zero-order valence-corrected chi connectivity index (χ0v) is 25.6. The van der Waals surface area contributed by atoms with Gasteiger partial charge in [0.25, 0.3) is 5.76 Å². The van der Waals surface area contributed by atoms with Gasteiger partial charge in [-0.25, -0.2) is 9.59 Å². The summed E-state index contributed by atoms with van der Waals surface area (Å²) < 4.78 is 68.1. The summed E-state index contributed by atoms with van der Waals surface area (Å²) >= 11 is 0. The highest BCUT2D eigenvalue weighted by atomic mass is 19.4. The Kier molecular flexibility index (Phi) is 10.9. The number of rotatable bonds is 12. The van der Waals surface area contributed by atoms with Gasteiger partial charge >= 0.3 is 24.2 Å². The molecule has 10 nitrogen and oxygen atoms in total. The van der Waals surface area contributed by atoms with Gasteiger partial charge in [-0.2, -0.15) is 13.2 Å². The summed E-state index contributed by atoms with van der Waals surface area (Å²) in [6.45, 7) is -0.129. The summed E-state index contributed by atoms with van der Waals surface area (Å²) in [7, 11) is 0. The van der Waals surface area contributed by atoms with Crippen LogP contribution in [0.25, 0.3) is 11.0 Å². The summed E-state index contributed by atoms with van der Waals surface area (Å²) in [4.78, 5) is 51.5. The minimum atomic E-state index is -5.12. The molecule has 0 aliphatic carbocycles. The number of esters is 2. The molecule has 4 aromatic carbocycles. The number of fused-ring (bicyclic) bond motifs is 1. The molecule has 0 aliphatic heterocycles. The molecular weight excluding hydrogens is 647 g/mol. The van der Waals surface area contributed by atoms with Crippen molar-refractivity contribution in [3.63, 3.8) is 0 Å². The van der Waals surface area contributed by atoms with Gasteiger partial charge in [0.2, 0.25) is 11.2 Å². The number of hydrogen-bond donors (Lipinski definition) is 1. The van der Waals surface area contributed by atoms with E-state index in [9.17, 15) is 32.3 Å². The highest BCUT2D eigenvalue weighted by molar-refractivity contribution is 5.85. The van der Waals surface area contributed by atoms with Gasteiger partial charge in [0.05, 0.1) is 5.39 Å². The summed E-state index contributed by atoms with van der Waals surface area (Å²) in [5.41, 5.74) is -0.233. The van der Waals surface area contributed by atoms with Gasteiger partial charge < -0.3 is 28.7 Å². The molecule has 1 heterocycles. The van der Waals surface area contributed by atoms with E-state index in [1.165, 1.54) is 24.3 Å². The maximum absolute atomic E-state index is 14.0. The van der Waals surface area contributed by atoms with Crippen molar-refractivity contribution in [3.8, 4) is 17.2 Å². The smallest absolute Gasteiger partial charge is 0.453 e. The molecule has 0 saturated heterocycles. The molecule has 0 fully saturated rings. The molecule has 0 unspecified atom stereocenters. The predicted octanol–water partition coefficient (Wildman–Crippen LogP) is 7.33. The van der Waals surface area contributed by atoms with E-state index in [0.717, 1.165) is 23.8 Å². The van der Waals surface area contributed by atoms with E-state index >= 15 is 0 Å². The van der Waals surface area contributed by atoms with E-state index in [4.69, 9.17) is 23.4 Å². The summed E-state index contributed by atoms with van der Waals surface area (Å²) in [6, 6.07) is 26.8. The fourth-order valence-corrected chi connectivity index (χ4v) is 4.52. The Balaban J connectivity index is 1.33. The first-order chi connectivity index (χ1) is 23.6. The van der Waals surface area contributed by atoms with E-state index < -0.39 is 52.8 Å². The van der Waals surface area contributed by atoms with Crippen LogP contribution in [-0.4, -0.2) is 24.1 Å². The number of alkyl carbamates (subject to hydrolysis) is 1. The maximum atomic E-state index is 14.0. The van der Waals surface area contributed by atoms with Gasteiger partial charge in [-0.05, 0) is 41.8 Å². The molecule has 0 spiro atoms. The van der Waals surface area contributed by atoms with E-state index in [1.807, 2.05) is 0 Å². The van der Waals surface area contributed by atoms with Crippen LogP contribution in [0.1, 0.15) is 29.7 Å². The zero-order valence-electron chi connectivity index (χ0n) is 25.6. The van der Waals surface area contributed by atoms with Crippen molar-refractivity contribution in [2.75, 3.05) is 0 Å². The molecular formula is C36H28F3NO9. The molecule has 0 bridgehead atoms.